The number of ether oxygens (including phenoxy) is 2. The third kappa shape index (κ3) is 3.21. The van der Waals surface area contributed by atoms with Crippen molar-refractivity contribution in [1.29, 1.82) is 0 Å². The van der Waals surface area contributed by atoms with Crippen LogP contribution in [0.1, 0.15) is 52.9 Å². The zero-order chi connectivity index (χ0) is 12.2. The minimum absolute atomic E-state index is 0.0887. The fraction of sp³-hybridized carbons (Fsp3) is 0.923. The molecule has 0 aliphatic heterocycles. The summed E-state index contributed by atoms with van der Waals surface area (Å²) in [6.07, 6.45) is 4.92. The Morgan fingerprint density at radius 2 is 2.06 bits per heavy atom. The van der Waals surface area contributed by atoms with Crippen molar-refractivity contribution >= 4 is 5.97 Å². The molecule has 1 rings (SSSR count). The molecular formula is C13H24O3. The predicted molar refractivity (Wildman–Crippen MR) is 63.2 cm³/mol. The van der Waals surface area contributed by atoms with Gasteiger partial charge in [-0.2, -0.15) is 0 Å². The van der Waals surface area contributed by atoms with Gasteiger partial charge in [-0.3, -0.25) is 4.79 Å². The quantitative estimate of drug-likeness (QED) is 0.679. The van der Waals surface area contributed by atoms with Gasteiger partial charge >= 0.3 is 5.97 Å². The van der Waals surface area contributed by atoms with Crippen LogP contribution in [0.4, 0.5) is 0 Å². The molecule has 0 spiro atoms. The smallest absolute Gasteiger partial charge is 0.306 e. The van der Waals surface area contributed by atoms with Gasteiger partial charge in [-0.25, -0.2) is 0 Å². The normalized spacial score (nSPS) is 25.8. The first-order chi connectivity index (χ1) is 7.51. The van der Waals surface area contributed by atoms with Crippen molar-refractivity contribution in [3.05, 3.63) is 0 Å². The standard InChI is InChI=1S/C13H24O3/c1-5-7-12(14)16-13(2,3)10-8-6-9-11(10)15-4/h10-11H,5-9H2,1-4H3. The zero-order valence-corrected chi connectivity index (χ0v) is 10.9. The number of carbonyl (C=O) groups is 1. The van der Waals surface area contributed by atoms with Gasteiger partial charge in [0.05, 0.1) is 6.10 Å². The molecule has 1 saturated carbocycles. The predicted octanol–water partition coefficient (Wildman–Crippen LogP) is 2.92. The van der Waals surface area contributed by atoms with Crippen LogP contribution >= 0.6 is 0 Å². The van der Waals surface area contributed by atoms with E-state index in [0.29, 0.717) is 12.3 Å². The maximum atomic E-state index is 11.5. The van der Waals surface area contributed by atoms with Gasteiger partial charge in [-0.1, -0.05) is 13.3 Å². The van der Waals surface area contributed by atoms with Gasteiger partial charge < -0.3 is 9.47 Å². The topological polar surface area (TPSA) is 35.5 Å². The second kappa shape index (κ2) is 5.67. The zero-order valence-electron chi connectivity index (χ0n) is 10.9. The molecular weight excluding hydrogens is 204 g/mol. The lowest BCUT2D eigenvalue weighted by molar-refractivity contribution is -0.165. The number of carbonyl (C=O) groups excluding carboxylic acids is 1. The highest BCUT2D eigenvalue weighted by molar-refractivity contribution is 5.69. The molecule has 0 aromatic rings. The fourth-order valence-electron chi connectivity index (χ4n) is 2.63. The van der Waals surface area contributed by atoms with Crippen LogP contribution in [0.25, 0.3) is 0 Å². The molecule has 1 aliphatic carbocycles. The van der Waals surface area contributed by atoms with E-state index in [0.717, 1.165) is 25.7 Å². The van der Waals surface area contributed by atoms with Crippen molar-refractivity contribution in [2.75, 3.05) is 7.11 Å². The van der Waals surface area contributed by atoms with Gasteiger partial charge in [0.2, 0.25) is 0 Å². The molecule has 94 valence electrons. The third-order valence-electron chi connectivity index (χ3n) is 3.48. The summed E-state index contributed by atoms with van der Waals surface area (Å²) in [7, 11) is 1.74. The summed E-state index contributed by atoms with van der Waals surface area (Å²) >= 11 is 0. The first kappa shape index (κ1) is 13.5. The average molecular weight is 228 g/mol. The molecule has 0 saturated heterocycles. The van der Waals surface area contributed by atoms with Gasteiger partial charge in [-0.15, -0.1) is 0 Å². The average Bonchev–Trinajstić information content (AvgIpc) is 2.65. The number of hydrogen-bond acceptors (Lipinski definition) is 3. The summed E-state index contributed by atoms with van der Waals surface area (Å²) in [5, 5.41) is 0. The van der Waals surface area contributed by atoms with Crippen LogP contribution in [0.2, 0.25) is 0 Å². The van der Waals surface area contributed by atoms with Crippen molar-refractivity contribution < 1.29 is 14.3 Å². The van der Waals surface area contributed by atoms with Crippen molar-refractivity contribution in [2.45, 2.75) is 64.6 Å². The van der Waals surface area contributed by atoms with Gasteiger partial charge in [0.25, 0.3) is 0 Å². The largest absolute Gasteiger partial charge is 0.459 e. The number of hydrogen-bond donors (Lipinski definition) is 0. The van der Waals surface area contributed by atoms with Crippen LogP contribution in [-0.2, 0) is 14.3 Å². The third-order valence-corrected chi connectivity index (χ3v) is 3.48. The van der Waals surface area contributed by atoms with E-state index < -0.39 is 5.60 Å². The highest BCUT2D eigenvalue weighted by Gasteiger charge is 2.41. The molecule has 16 heavy (non-hydrogen) atoms. The first-order valence-corrected chi connectivity index (χ1v) is 6.26. The second-order valence-corrected chi connectivity index (χ2v) is 5.14. The molecule has 0 heterocycles. The van der Waals surface area contributed by atoms with E-state index >= 15 is 0 Å². The molecule has 2 atom stereocenters. The van der Waals surface area contributed by atoms with Crippen LogP contribution in [-0.4, -0.2) is 24.8 Å². The summed E-state index contributed by atoms with van der Waals surface area (Å²) < 4.78 is 11.0. The number of methoxy groups -OCH3 is 1. The minimum atomic E-state index is -0.399. The van der Waals surface area contributed by atoms with Crippen LogP contribution in [0, 0.1) is 5.92 Å². The molecule has 0 radical (unpaired) electrons. The molecule has 0 aromatic carbocycles. The molecule has 0 amide bonds. The molecule has 3 nitrogen and oxygen atoms in total. The van der Waals surface area contributed by atoms with Crippen LogP contribution in [0.5, 0.6) is 0 Å². The Kier molecular flexibility index (Phi) is 4.78. The van der Waals surface area contributed by atoms with Crippen molar-refractivity contribution in [3.63, 3.8) is 0 Å². The maximum absolute atomic E-state index is 11.5. The van der Waals surface area contributed by atoms with E-state index in [1.807, 2.05) is 20.8 Å². The SMILES string of the molecule is CCCC(=O)OC(C)(C)C1CCCC1OC. The second-order valence-electron chi connectivity index (χ2n) is 5.14. The Morgan fingerprint density at radius 3 is 2.62 bits per heavy atom. The van der Waals surface area contributed by atoms with Gasteiger partial charge in [0.1, 0.15) is 5.60 Å². The summed E-state index contributed by atoms with van der Waals surface area (Å²) in [4.78, 5) is 11.5. The van der Waals surface area contributed by atoms with E-state index in [2.05, 4.69) is 0 Å². The Hall–Kier alpha value is -0.570. The molecule has 0 N–H and O–H groups in total. The summed E-state index contributed by atoms with van der Waals surface area (Å²) in [6, 6.07) is 0. The van der Waals surface area contributed by atoms with Gasteiger partial charge in [0, 0.05) is 19.4 Å². The Morgan fingerprint density at radius 1 is 1.38 bits per heavy atom. The Bertz CT molecular complexity index is 235. The van der Waals surface area contributed by atoms with Crippen molar-refractivity contribution in [2.24, 2.45) is 5.92 Å². The maximum Gasteiger partial charge on any atom is 0.306 e. The highest BCUT2D eigenvalue weighted by atomic mass is 16.6. The van der Waals surface area contributed by atoms with E-state index in [9.17, 15) is 4.79 Å². The lowest BCUT2D eigenvalue weighted by atomic mass is 9.87. The van der Waals surface area contributed by atoms with E-state index in [4.69, 9.17) is 9.47 Å². The number of rotatable bonds is 5. The summed E-state index contributed by atoms with van der Waals surface area (Å²) in [5.74, 6) is 0.243. The fourth-order valence-corrected chi connectivity index (χ4v) is 2.63. The summed E-state index contributed by atoms with van der Waals surface area (Å²) in [6.45, 7) is 5.99. The van der Waals surface area contributed by atoms with Crippen LogP contribution < -0.4 is 0 Å². The molecule has 1 fully saturated rings. The Balaban J connectivity index is 2.58. The molecule has 1 aliphatic rings. The van der Waals surface area contributed by atoms with Crippen LogP contribution in [0.15, 0.2) is 0 Å². The van der Waals surface area contributed by atoms with Gasteiger partial charge in [0.15, 0.2) is 0 Å². The Labute approximate surface area is 98.5 Å². The molecule has 0 aromatic heterocycles. The molecule has 2 unspecified atom stereocenters. The lowest BCUT2D eigenvalue weighted by Gasteiger charge is -2.34. The van der Waals surface area contributed by atoms with Crippen LogP contribution in [0.3, 0.4) is 0 Å². The van der Waals surface area contributed by atoms with Crippen molar-refractivity contribution in [3.8, 4) is 0 Å². The van der Waals surface area contributed by atoms with E-state index in [1.165, 1.54) is 0 Å². The van der Waals surface area contributed by atoms with E-state index in [-0.39, 0.29) is 12.1 Å². The van der Waals surface area contributed by atoms with E-state index in [1.54, 1.807) is 7.11 Å². The first-order valence-electron chi connectivity index (χ1n) is 6.26. The van der Waals surface area contributed by atoms with Gasteiger partial charge in [-0.05, 0) is 33.1 Å². The molecule has 0 bridgehead atoms. The minimum Gasteiger partial charge on any atom is -0.459 e. The highest BCUT2D eigenvalue weighted by Crippen LogP contribution is 2.38. The summed E-state index contributed by atoms with van der Waals surface area (Å²) in [5.41, 5.74) is -0.399. The lowest BCUT2D eigenvalue weighted by Crippen LogP contribution is -2.41. The van der Waals surface area contributed by atoms with Crippen molar-refractivity contribution in [1.82, 2.24) is 0 Å². The number of esters is 1. The molecule has 3 heteroatoms. The monoisotopic (exact) mass is 228 g/mol.